The number of benzene rings is 1. The predicted octanol–water partition coefficient (Wildman–Crippen LogP) is 3.89. The summed E-state index contributed by atoms with van der Waals surface area (Å²) in [7, 11) is 0. The predicted molar refractivity (Wildman–Crippen MR) is 68.9 cm³/mol. The van der Waals surface area contributed by atoms with Crippen LogP contribution >= 0.6 is 11.6 Å². The fourth-order valence-corrected chi connectivity index (χ4v) is 1.84. The highest BCUT2D eigenvalue weighted by molar-refractivity contribution is 6.30. The summed E-state index contributed by atoms with van der Waals surface area (Å²) in [6.45, 7) is 5.95. The van der Waals surface area contributed by atoms with E-state index in [0.717, 1.165) is 29.1 Å². The molecule has 88 valence electrons. The van der Waals surface area contributed by atoms with E-state index in [-0.39, 0.29) is 11.8 Å². The first kappa shape index (κ1) is 13.0. The van der Waals surface area contributed by atoms with Gasteiger partial charge in [-0.05, 0) is 36.6 Å². The lowest BCUT2D eigenvalue weighted by atomic mass is 10.0. The van der Waals surface area contributed by atoms with E-state index in [0.29, 0.717) is 0 Å². The summed E-state index contributed by atoms with van der Waals surface area (Å²) in [5, 5.41) is 3.63. The van der Waals surface area contributed by atoms with E-state index in [4.69, 9.17) is 11.6 Å². The Morgan fingerprint density at radius 1 is 1.38 bits per heavy atom. The van der Waals surface area contributed by atoms with Crippen molar-refractivity contribution in [3.05, 3.63) is 28.8 Å². The Morgan fingerprint density at radius 3 is 2.75 bits per heavy atom. The maximum atomic E-state index is 11.5. The van der Waals surface area contributed by atoms with Crippen molar-refractivity contribution in [3.8, 4) is 0 Å². The first-order valence-corrected chi connectivity index (χ1v) is 6.14. The maximum absolute atomic E-state index is 11.5. The number of nitrogens with one attached hydrogen (secondary N) is 1. The molecule has 0 spiro atoms. The van der Waals surface area contributed by atoms with Crippen LogP contribution in [0.4, 0.5) is 5.69 Å². The number of rotatable bonds is 0. The second-order valence-electron chi connectivity index (χ2n) is 3.73. The molecule has 1 aromatic carbocycles. The van der Waals surface area contributed by atoms with Crippen LogP contribution in [0.2, 0.25) is 5.02 Å². The molecule has 0 saturated heterocycles. The lowest BCUT2D eigenvalue weighted by molar-refractivity contribution is -0.119. The number of halogens is 1. The number of hydrogen-bond donors (Lipinski definition) is 1. The van der Waals surface area contributed by atoms with E-state index >= 15 is 0 Å². The third-order valence-electron chi connectivity index (χ3n) is 2.62. The Kier molecular flexibility index (Phi) is 4.81. The van der Waals surface area contributed by atoms with Gasteiger partial charge >= 0.3 is 0 Å². The standard InChI is InChI=1S/C11H12ClNO.C2H6/c1-7-2-3-8-6-9(12)4-5-10(8)13-11(7)14;1-2/h4-7H,2-3H2,1H3,(H,13,14);1-2H3. The maximum Gasteiger partial charge on any atom is 0.227 e. The van der Waals surface area contributed by atoms with Crippen LogP contribution in [0, 0.1) is 5.92 Å². The molecule has 1 aromatic rings. The van der Waals surface area contributed by atoms with Gasteiger partial charge in [-0.2, -0.15) is 0 Å². The summed E-state index contributed by atoms with van der Waals surface area (Å²) < 4.78 is 0. The second kappa shape index (κ2) is 5.90. The first-order chi connectivity index (χ1) is 7.66. The number of hydrogen-bond acceptors (Lipinski definition) is 1. The molecule has 1 unspecified atom stereocenters. The minimum atomic E-state index is 0.0844. The van der Waals surface area contributed by atoms with Gasteiger partial charge in [-0.1, -0.05) is 32.4 Å². The second-order valence-corrected chi connectivity index (χ2v) is 4.17. The summed E-state index contributed by atoms with van der Waals surface area (Å²) in [6, 6.07) is 5.60. The van der Waals surface area contributed by atoms with Crippen LogP contribution in [0.3, 0.4) is 0 Å². The molecule has 2 nitrogen and oxygen atoms in total. The van der Waals surface area contributed by atoms with E-state index in [1.807, 2.05) is 32.9 Å². The summed E-state index contributed by atoms with van der Waals surface area (Å²) >= 11 is 5.89. The van der Waals surface area contributed by atoms with Crippen molar-refractivity contribution in [2.45, 2.75) is 33.6 Å². The number of fused-ring (bicyclic) bond motifs is 1. The molecule has 1 aliphatic heterocycles. The zero-order valence-electron chi connectivity index (χ0n) is 10.0. The lowest BCUT2D eigenvalue weighted by Gasteiger charge is -2.06. The van der Waals surface area contributed by atoms with Crippen molar-refractivity contribution < 1.29 is 4.79 Å². The molecule has 1 N–H and O–H groups in total. The van der Waals surface area contributed by atoms with E-state index in [1.165, 1.54) is 0 Å². The molecule has 0 aromatic heterocycles. The van der Waals surface area contributed by atoms with Crippen LogP contribution in [-0.4, -0.2) is 5.91 Å². The Labute approximate surface area is 102 Å². The van der Waals surface area contributed by atoms with Crippen molar-refractivity contribution in [2.24, 2.45) is 5.92 Å². The van der Waals surface area contributed by atoms with Gasteiger partial charge < -0.3 is 5.32 Å². The van der Waals surface area contributed by atoms with Gasteiger partial charge in [-0.25, -0.2) is 0 Å². The zero-order valence-corrected chi connectivity index (χ0v) is 10.8. The first-order valence-electron chi connectivity index (χ1n) is 5.76. The van der Waals surface area contributed by atoms with Crippen molar-refractivity contribution >= 4 is 23.2 Å². The third-order valence-corrected chi connectivity index (χ3v) is 2.85. The Morgan fingerprint density at radius 2 is 2.06 bits per heavy atom. The molecule has 0 fully saturated rings. The van der Waals surface area contributed by atoms with Crippen LogP contribution in [0.15, 0.2) is 18.2 Å². The molecule has 3 heteroatoms. The lowest BCUT2D eigenvalue weighted by Crippen LogP contribution is -2.18. The van der Waals surface area contributed by atoms with Crippen molar-refractivity contribution in [1.82, 2.24) is 0 Å². The van der Waals surface area contributed by atoms with Crippen LogP contribution in [-0.2, 0) is 11.2 Å². The quantitative estimate of drug-likeness (QED) is 0.731. The van der Waals surface area contributed by atoms with Crippen LogP contribution in [0.1, 0.15) is 32.8 Å². The monoisotopic (exact) mass is 239 g/mol. The molecule has 1 atom stereocenters. The number of aryl methyl sites for hydroxylation is 1. The highest BCUT2D eigenvalue weighted by Gasteiger charge is 2.19. The van der Waals surface area contributed by atoms with Gasteiger partial charge in [-0.3, -0.25) is 4.79 Å². The number of carbonyl (C=O) groups excluding carboxylic acids is 1. The summed E-state index contributed by atoms with van der Waals surface area (Å²) in [5.41, 5.74) is 2.04. The van der Waals surface area contributed by atoms with Gasteiger partial charge in [0.25, 0.3) is 0 Å². The molecule has 1 aliphatic rings. The van der Waals surface area contributed by atoms with Crippen LogP contribution in [0.5, 0.6) is 0 Å². The topological polar surface area (TPSA) is 29.1 Å². The SMILES string of the molecule is CC.CC1CCc2cc(Cl)ccc2NC1=O. The van der Waals surface area contributed by atoms with E-state index in [2.05, 4.69) is 5.32 Å². The molecular formula is C13H18ClNO. The largest absolute Gasteiger partial charge is 0.326 e. The smallest absolute Gasteiger partial charge is 0.227 e. The molecular weight excluding hydrogens is 222 g/mol. The van der Waals surface area contributed by atoms with Gasteiger partial charge in [0, 0.05) is 16.6 Å². The van der Waals surface area contributed by atoms with Gasteiger partial charge in [0.05, 0.1) is 0 Å². The molecule has 1 amide bonds. The molecule has 2 rings (SSSR count). The van der Waals surface area contributed by atoms with Gasteiger partial charge in [0.1, 0.15) is 0 Å². The van der Waals surface area contributed by atoms with Gasteiger partial charge in [0.2, 0.25) is 5.91 Å². The summed E-state index contributed by atoms with van der Waals surface area (Å²) in [5.74, 6) is 0.187. The molecule has 0 bridgehead atoms. The van der Waals surface area contributed by atoms with Gasteiger partial charge in [-0.15, -0.1) is 0 Å². The van der Waals surface area contributed by atoms with Crippen molar-refractivity contribution in [2.75, 3.05) is 5.32 Å². The van der Waals surface area contributed by atoms with E-state index in [1.54, 1.807) is 6.07 Å². The average Bonchev–Trinajstić information content (AvgIpc) is 2.43. The highest BCUT2D eigenvalue weighted by Crippen LogP contribution is 2.26. The van der Waals surface area contributed by atoms with Gasteiger partial charge in [0.15, 0.2) is 0 Å². The number of anilines is 1. The van der Waals surface area contributed by atoms with Crippen molar-refractivity contribution in [1.29, 1.82) is 0 Å². The van der Waals surface area contributed by atoms with Crippen LogP contribution < -0.4 is 5.32 Å². The molecule has 0 aliphatic carbocycles. The summed E-state index contributed by atoms with van der Waals surface area (Å²) in [6.07, 6.45) is 1.80. The third kappa shape index (κ3) is 2.99. The number of carbonyl (C=O) groups is 1. The molecule has 0 radical (unpaired) electrons. The van der Waals surface area contributed by atoms with E-state index in [9.17, 15) is 4.79 Å². The fourth-order valence-electron chi connectivity index (χ4n) is 1.65. The van der Waals surface area contributed by atoms with Crippen molar-refractivity contribution in [3.63, 3.8) is 0 Å². The minimum Gasteiger partial charge on any atom is -0.326 e. The van der Waals surface area contributed by atoms with E-state index < -0.39 is 0 Å². The Balaban J connectivity index is 0.000000606. The highest BCUT2D eigenvalue weighted by atomic mass is 35.5. The average molecular weight is 240 g/mol. The molecule has 16 heavy (non-hydrogen) atoms. The Bertz CT molecular complexity index is 376. The zero-order chi connectivity index (χ0) is 12.1. The molecule has 0 saturated carbocycles. The normalized spacial score (nSPS) is 18.8. The van der Waals surface area contributed by atoms with Crippen LogP contribution in [0.25, 0.3) is 0 Å². The fraction of sp³-hybridized carbons (Fsp3) is 0.462. The minimum absolute atomic E-state index is 0.0844. The summed E-state index contributed by atoms with van der Waals surface area (Å²) in [4.78, 5) is 11.5. The molecule has 1 heterocycles. The number of amides is 1. The Hall–Kier alpha value is -1.02.